The zero-order chi connectivity index (χ0) is 20.8. The molecule has 0 spiro atoms. The molecule has 154 valence electrons. The number of carbonyl (C=O) groups is 2. The van der Waals surface area contributed by atoms with Gasteiger partial charge in [0.2, 0.25) is 0 Å². The van der Waals surface area contributed by atoms with E-state index in [-0.39, 0.29) is 11.6 Å². The highest BCUT2D eigenvalue weighted by Gasteiger charge is 2.41. The lowest BCUT2D eigenvalue weighted by atomic mass is 9.95. The second-order valence-corrected chi connectivity index (χ2v) is 8.19. The monoisotopic (exact) mass is 405 g/mol. The lowest BCUT2D eigenvalue weighted by Crippen LogP contribution is -2.47. The van der Waals surface area contributed by atoms with Crippen LogP contribution in [0.5, 0.6) is 0 Å². The van der Waals surface area contributed by atoms with Crippen LogP contribution in [0.3, 0.4) is 0 Å². The van der Waals surface area contributed by atoms with Crippen LogP contribution in [0.15, 0.2) is 30.6 Å². The number of hydrogen-bond donors (Lipinski definition) is 3. The molecular weight excluding hydrogens is 382 g/mol. The molecule has 2 aromatic rings. The van der Waals surface area contributed by atoms with Crippen LogP contribution in [0.4, 0.5) is 11.5 Å². The van der Waals surface area contributed by atoms with Gasteiger partial charge in [0.1, 0.15) is 5.82 Å². The molecule has 0 unspecified atom stereocenters. The first-order chi connectivity index (χ1) is 14.5. The molecule has 2 aliphatic heterocycles. The van der Waals surface area contributed by atoms with E-state index < -0.39 is 11.9 Å². The normalized spacial score (nSPS) is 24.0. The van der Waals surface area contributed by atoms with E-state index in [0.29, 0.717) is 17.6 Å². The van der Waals surface area contributed by atoms with Crippen molar-refractivity contribution in [3.63, 3.8) is 0 Å². The maximum atomic E-state index is 12.0. The number of nitrogens with one attached hydrogen (secondary N) is 1. The molecule has 8 nitrogen and oxygen atoms in total. The van der Waals surface area contributed by atoms with Gasteiger partial charge in [0, 0.05) is 42.5 Å². The van der Waals surface area contributed by atoms with Crippen molar-refractivity contribution in [1.29, 1.82) is 0 Å². The Labute approximate surface area is 173 Å². The average molecular weight is 405 g/mol. The Hall–Kier alpha value is -3.42. The molecule has 3 aliphatic rings. The van der Waals surface area contributed by atoms with Crippen LogP contribution in [0.25, 0.3) is 6.08 Å². The molecule has 2 fully saturated rings. The first-order valence-corrected chi connectivity index (χ1v) is 10.2. The number of primary amides is 1. The summed E-state index contributed by atoms with van der Waals surface area (Å²) in [5, 5.41) is 12.7. The SMILES string of the molecule is NC(=O)c1cnc2c(c1NC1C[C@@H]3CC[C@@H](C1)N3c1ccc(C(=O)O)cn1)C=CC2. The van der Waals surface area contributed by atoms with E-state index in [2.05, 4.69) is 20.2 Å². The maximum absolute atomic E-state index is 12.0. The third-order valence-corrected chi connectivity index (χ3v) is 6.40. The van der Waals surface area contributed by atoms with Gasteiger partial charge in [-0.05, 0) is 37.8 Å². The summed E-state index contributed by atoms with van der Waals surface area (Å²) >= 11 is 0. The van der Waals surface area contributed by atoms with E-state index in [4.69, 9.17) is 10.8 Å². The summed E-state index contributed by atoms with van der Waals surface area (Å²) in [6.45, 7) is 0. The Morgan fingerprint density at radius 2 is 1.90 bits per heavy atom. The molecule has 30 heavy (non-hydrogen) atoms. The number of carboxylic acids is 1. The van der Waals surface area contributed by atoms with Gasteiger partial charge >= 0.3 is 5.97 Å². The molecule has 2 saturated heterocycles. The number of anilines is 2. The van der Waals surface area contributed by atoms with Gasteiger partial charge in [0.15, 0.2) is 0 Å². The van der Waals surface area contributed by atoms with Crippen molar-refractivity contribution in [3.8, 4) is 0 Å². The van der Waals surface area contributed by atoms with Gasteiger partial charge in [-0.25, -0.2) is 9.78 Å². The van der Waals surface area contributed by atoms with Crippen LogP contribution < -0.4 is 16.0 Å². The molecule has 0 saturated carbocycles. The van der Waals surface area contributed by atoms with Crippen molar-refractivity contribution in [2.45, 2.75) is 50.2 Å². The number of nitrogens with two attached hydrogens (primary N) is 1. The predicted octanol–water partition coefficient (Wildman–Crippen LogP) is 2.45. The van der Waals surface area contributed by atoms with Crippen LogP contribution in [-0.4, -0.2) is 45.1 Å². The Kier molecular flexibility index (Phi) is 4.42. The molecule has 4 N–H and O–H groups in total. The number of fused-ring (bicyclic) bond motifs is 3. The molecule has 2 atom stereocenters. The largest absolute Gasteiger partial charge is 0.478 e. The van der Waals surface area contributed by atoms with Gasteiger partial charge in [0.05, 0.1) is 22.5 Å². The molecule has 0 aromatic carbocycles. The maximum Gasteiger partial charge on any atom is 0.337 e. The molecule has 4 heterocycles. The number of aromatic nitrogens is 2. The summed E-state index contributed by atoms with van der Waals surface area (Å²) in [5.74, 6) is -0.614. The third-order valence-electron chi connectivity index (χ3n) is 6.40. The minimum atomic E-state index is -0.968. The fourth-order valence-electron chi connectivity index (χ4n) is 5.08. The summed E-state index contributed by atoms with van der Waals surface area (Å²) < 4.78 is 0. The van der Waals surface area contributed by atoms with E-state index in [1.165, 1.54) is 6.20 Å². The fraction of sp³-hybridized carbons (Fsp3) is 0.364. The minimum Gasteiger partial charge on any atom is -0.478 e. The van der Waals surface area contributed by atoms with Gasteiger partial charge in [-0.2, -0.15) is 0 Å². The quantitative estimate of drug-likeness (QED) is 0.698. The highest BCUT2D eigenvalue weighted by molar-refractivity contribution is 6.00. The van der Waals surface area contributed by atoms with Crippen molar-refractivity contribution >= 4 is 29.5 Å². The van der Waals surface area contributed by atoms with Gasteiger partial charge < -0.3 is 21.1 Å². The number of pyridine rings is 2. The molecule has 5 rings (SSSR count). The zero-order valence-corrected chi connectivity index (χ0v) is 16.4. The van der Waals surface area contributed by atoms with Crippen molar-refractivity contribution in [2.75, 3.05) is 10.2 Å². The molecule has 1 aliphatic carbocycles. The van der Waals surface area contributed by atoms with Crippen LogP contribution in [-0.2, 0) is 6.42 Å². The van der Waals surface area contributed by atoms with E-state index in [0.717, 1.165) is 54.9 Å². The van der Waals surface area contributed by atoms with Crippen LogP contribution in [0.2, 0.25) is 0 Å². The molecule has 2 bridgehead atoms. The second-order valence-electron chi connectivity index (χ2n) is 8.19. The molecular formula is C22H23N5O3. The lowest BCUT2D eigenvalue weighted by Gasteiger charge is -2.40. The van der Waals surface area contributed by atoms with E-state index >= 15 is 0 Å². The minimum absolute atomic E-state index is 0.196. The summed E-state index contributed by atoms with van der Waals surface area (Å²) in [6.07, 6.45) is 11.8. The summed E-state index contributed by atoms with van der Waals surface area (Å²) in [5.41, 5.74) is 8.96. The van der Waals surface area contributed by atoms with Crippen LogP contribution in [0.1, 0.15) is 57.7 Å². The van der Waals surface area contributed by atoms with E-state index in [1.54, 1.807) is 18.3 Å². The van der Waals surface area contributed by atoms with E-state index in [1.807, 2.05) is 12.2 Å². The Bertz CT molecular complexity index is 1040. The smallest absolute Gasteiger partial charge is 0.337 e. The van der Waals surface area contributed by atoms with Gasteiger partial charge in [0.25, 0.3) is 5.91 Å². The first kappa shape index (κ1) is 18.6. The number of carboxylic acid groups (broad SMARTS) is 1. The Morgan fingerprint density at radius 3 is 2.53 bits per heavy atom. The Morgan fingerprint density at radius 1 is 1.13 bits per heavy atom. The summed E-state index contributed by atoms with van der Waals surface area (Å²) in [7, 11) is 0. The number of aromatic carboxylic acids is 1. The lowest BCUT2D eigenvalue weighted by molar-refractivity contribution is 0.0696. The van der Waals surface area contributed by atoms with Crippen molar-refractivity contribution < 1.29 is 14.7 Å². The average Bonchev–Trinajstić information content (AvgIpc) is 3.31. The number of allylic oxidation sites excluding steroid dienone is 1. The number of rotatable bonds is 5. The second kappa shape index (κ2) is 7.12. The number of amides is 1. The third kappa shape index (κ3) is 3.08. The summed E-state index contributed by atoms with van der Waals surface area (Å²) in [6, 6.07) is 4.28. The van der Waals surface area contributed by atoms with Crippen LogP contribution in [0, 0.1) is 0 Å². The number of carbonyl (C=O) groups excluding carboxylic acids is 1. The molecule has 8 heteroatoms. The number of piperidine rings is 1. The molecule has 1 amide bonds. The molecule has 2 aromatic heterocycles. The Balaban J connectivity index is 1.37. The van der Waals surface area contributed by atoms with Crippen LogP contribution >= 0.6 is 0 Å². The fourth-order valence-corrected chi connectivity index (χ4v) is 5.08. The van der Waals surface area contributed by atoms with Crippen molar-refractivity contribution in [2.24, 2.45) is 5.73 Å². The predicted molar refractivity (Wildman–Crippen MR) is 113 cm³/mol. The van der Waals surface area contributed by atoms with Gasteiger partial charge in [-0.15, -0.1) is 0 Å². The van der Waals surface area contributed by atoms with Crippen molar-refractivity contribution in [3.05, 3.63) is 53.0 Å². The highest BCUT2D eigenvalue weighted by atomic mass is 16.4. The van der Waals surface area contributed by atoms with Crippen molar-refractivity contribution in [1.82, 2.24) is 9.97 Å². The standard InChI is InChI=1S/C22H23N5O3/c23-21(28)17-11-24-18-3-1-2-16(18)20(17)26-13-8-14-5-6-15(9-13)27(14)19-7-4-12(10-25-19)22(29)30/h1-2,4,7,10-11,13-15H,3,5-6,8-9H2,(H2,23,28)(H,24,26)(H,29,30)/t14-,15-/m0/s1. The highest BCUT2D eigenvalue weighted by Crippen LogP contribution is 2.40. The zero-order valence-electron chi connectivity index (χ0n) is 16.4. The summed E-state index contributed by atoms with van der Waals surface area (Å²) in [4.78, 5) is 34.2. The van der Waals surface area contributed by atoms with Gasteiger partial charge in [-0.1, -0.05) is 12.2 Å². The van der Waals surface area contributed by atoms with E-state index in [9.17, 15) is 9.59 Å². The number of nitrogens with zero attached hydrogens (tertiary/aromatic N) is 3. The number of hydrogen-bond acceptors (Lipinski definition) is 6. The van der Waals surface area contributed by atoms with Gasteiger partial charge in [-0.3, -0.25) is 9.78 Å². The first-order valence-electron chi connectivity index (χ1n) is 10.2. The molecule has 0 radical (unpaired) electrons. The topological polar surface area (TPSA) is 121 Å².